The Morgan fingerprint density at radius 2 is 1.79 bits per heavy atom. The smallest absolute Gasteiger partial charge is 0.254 e. The van der Waals surface area contributed by atoms with E-state index in [-0.39, 0.29) is 11.9 Å². The summed E-state index contributed by atoms with van der Waals surface area (Å²) in [5.74, 6) is 0.920. The first kappa shape index (κ1) is 18.3. The summed E-state index contributed by atoms with van der Waals surface area (Å²) in [6.07, 6.45) is 3.97. The molecule has 0 bridgehead atoms. The molecule has 5 nitrogen and oxygen atoms in total. The van der Waals surface area contributed by atoms with Crippen LogP contribution in [-0.4, -0.2) is 54.1 Å². The SMILES string of the molecule is COc1cccc(C2CN(C(=O)c3cccc(-n4cccc4)c3)CCN2C)c1. The average Bonchev–Trinajstić information content (AvgIpc) is 3.29. The van der Waals surface area contributed by atoms with E-state index < -0.39 is 0 Å². The van der Waals surface area contributed by atoms with Crippen molar-refractivity contribution in [2.45, 2.75) is 6.04 Å². The number of carbonyl (C=O) groups excluding carboxylic acids is 1. The third-order valence-electron chi connectivity index (χ3n) is 5.41. The van der Waals surface area contributed by atoms with Crippen molar-refractivity contribution in [3.63, 3.8) is 0 Å². The molecule has 1 aliphatic heterocycles. The molecule has 144 valence electrons. The first-order chi connectivity index (χ1) is 13.7. The monoisotopic (exact) mass is 375 g/mol. The van der Waals surface area contributed by atoms with Gasteiger partial charge in [0.2, 0.25) is 0 Å². The maximum atomic E-state index is 13.2. The minimum Gasteiger partial charge on any atom is -0.497 e. The number of ether oxygens (including phenoxy) is 1. The predicted molar refractivity (Wildman–Crippen MR) is 110 cm³/mol. The molecule has 1 saturated heterocycles. The molecule has 5 heteroatoms. The van der Waals surface area contributed by atoms with Crippen LogP contribution in [0, 0.1) is 0 Å². The summed E-state index contributed by atoms with van der Waals surface area (Å²) in [5, 5.41) is 0. The minimum absolute atomic E-state index is 0.0787. The van der Waals surface area contributed by atoms with E-state index in [2.05, 4.69) is 24.1 Å². The summed E-state index contributed by atoms with van der Waals surface area (Å²) in [6, 6.07) is 20.0. The van der Waals surface area contributed by atoms with Gasteiger partial charge in [0.15, 0.2) is 0 Å². The summed E-state index contributed by atoms with van der Waals surface area (Å²) in [7, 11) is 3.79. The molecule has 1 aliphatic rings. The standard InChI is InChI=1S/C23H25N3O2/c1-24-13-14-26(17-22(24)18-7-6-10-21(16-18)28-2)23(27)19-8-5-9-20(15-19)25-11-3-4-12-25/h3-12,15-16,22H,13-14,17H2,1-2H3. The predicted octanol–water partition coefficient (Wildman–Crippen LogP) is 3.61. The van der Waals surface area contributed by atoms with Gasteiger partial charge in [-0.3, -0.25) is 9.69 Å². The van der Waals surface area contributed by atoms with E-state index in [0.717, 1.165) is 30.1 Å². The van der Waals surface area contributed by atoms with Crippen LogP contribution in [0.2, 0.25) is 0 Å². The molecule has 0 aliphatic carbocycles. The van der Waals surface area contributed by atoms with Crippen molar-refractivity contribution in [1.82, 2.24) is 14.4 Å². The van der Waals surface area contributed by atoms with Gasteiger partial charge in [0.25, 0.3) is 5.91 Å². The molecular weight excluding hydrogens is 350 g/mol. The second-order valence-corrected chi connectivity index (χ2v) is 7.16. The van der Waals surface area contributed by atoms with Crippen LogP contribution in [0.4, 0.5) is 0 Å². The summed E-state index contributed by atoms with van der Waals surface area (Å²) in [6.45, 7) is 2.23. The first-order valence-corrected chi connectivity index (χ1v) is 9.52. The van der Waals surface area contributed by atoms with Crippen LogP contribution < -0.4 is 4.74 Å². The lowest BCUT2D eigenvalue weighted by atomic mass is 10.0. The van der Waals surface area contributed by atoms with Crippen LogP contribution >= 0.6 is 0 Å². The molecule has 4 rings (SSSR count). The lowest BCUT2D eigenvalue weighted by Crippen LogP contribution is -2.49. The highest BCUT2D eigenvalue weighted by Gasteiger charge is 2.29. The highest BCUT2D eigenvalue weighted by Crippen LogP contribution is 2.27. The van der Waals surface area contributed by atoms with Gasteiger partial charge in [-0.1, -0.05) is 18.2 Å². The van der Waals surface area contributed by atoms with Gasteiger partial charge >= 0.3 is 0 Å². The fourth-order valence-electron chi connectivity index (χ4n) is 3.76. The normalized spacial score (nSPS) is 17.5. The van der Waals surface area contributed by atoms with Gasteiger partial charge in [-0.05, 0) is 55.1 Å². The van der Waals surface area contributed by atoms with Crippen molar-refractivity contribution in [2.24, 2.45) is 0 Å². The van der Waals surface area contributed by atoms with E-state index in [9.17, 15) is 4.79 Å². The fraction of sp³-hybridized carbons (Fsp3) is 0.261. The zero-order chi connectivity index (χ0) is 19.5. The minimum atomic E-state index is 0.0787. The van der Waals surface area contributed by atoms with Crippen LogP contribution in [0.25, 0.3) is 5.69 Å². The van der Waals surface area contributed by atoms with Crippen molar-refractivity contribution >= 4 is 5.91 Å². The van der Waals surface area contributed by atoms with E-state index >= 15 is 0 Å². The molecule has 1 unspecified atom stereocenters. The largest absolute Gasteiger partial charge is 0.497 e. The Balaban J connectivity index is 1.56. The average molecular weight is 375 g/mol. The van der Waals surface area contributed by atoms with Gasteiger partial charge in [0.1, 0.15) is 5.75 Å². The molecule has 2 heterocycles. The summed E-state index contributed by atoms with van der Waals surface area (Å²) < 4.78 is 7.39. The molecule has 0 spiro atoms. The Bertz CT molecular complexity index is 952. The highest BCUT2D eigenvalue weighted by molar-refractivity contribution is 5.94. The van der Waals surface area contributed by atoms with Crippen LogP contribution in [-0.2, 0) is 0 Å². The van der Waals surface area contributed by atoms with Crippen molar-refractivity contribution in [2.75, 3.05) is 33.8 Å². The number of nitrogens with zero attached hydrogens (tertiary/aromatic N) is 3. The van der Waals surface area contributed by atoms with Gasteiger partial charge in [-0.25, -0.2) is 0 Å². The summed E-state index contributed by atoms with van der Waals surface area (Å²) in [5.41, 5.74) is 2.88. The molecule has 3 aromatic rings. The number of amides is 1. The molecule has 1 atom stereocenters. The zero-order valence-electron chi connectivity index (χ0n) is 16.3. The zero-order valence-corrected chi connectivity index (χ0v) is 16.3. The molecule has 28 heavy (non-hydrogen) atoms. The van der Waals surface area contributed by atoms with Gasteiger partial charge in [0.05, 0.1) is 13.2 Å². The Kier molecular flexibility index (Phi) is 5.17. The molecule has 1 aromatic heterocycles. The number of benzene rings is 2. The van der Waals surface area contributed by atoms with E-state index in [0.29, 0.717) is 6.54 Å². The Labute approximate surface area is 165 Å². The van der Waals surface area contributed by atoms with Crippen LogP contribution in [0.3, 0.4) is 0 Å². The van der Waals surface area contributed by atoms with E-state index in [1.54, 1.807) is 7.11 Å². The second-order valence-electron chi connectivity index (χ2n) is 7.16. The Hall–Kier alpha value is -3.05. The van der Waals surface area contributed by atoms with E-state index in [1.165, 1.54) is 5.56 Å². The molecule has 0 N–H and O–H groups in total. The Morgan fingerprint density at radius 3 is 2.57 bits per heavy atom. The molecule has 0 radical (unpaired) electrons. The number of piperazine rings is 1. The van der Waals surface area contributed by atoms with Crippen molar-refractivity contribution in [1.29, 1.82) is 0 Å². The van der Waals surface area contributed by atoms with Gasteiger partial charge in [-0.15, -0.1) is 0 Å². The Morgan fingerprint density at radius 1 is 1.00 bits per heavy atom. The van der Waals surface area contributed by atoms with Gasteiger partial charge in [-0.2, -0.15) is 0 Å². The number of hydrogen-bond donors (Lipinski definition) is 0. The van der Waals surface area contributed by atoms with Crippen LogP contribution in [0.15, 0.2) is 73.1 Å². The summed E-state index contributed by atoms with van der Waals surface area (Å²) >= 11 is 0. The fourth-order valence-corrected chi connectivity index (χ4v) is 3.76. The lowest BCUT2D eigenvalue weighted by molar-refractivity contribution is 0.0546. The van der Waals surface area contributed by atoms with Crippen molar-refractivity contribution in [3.05, 3.63) is 84.2 Å². The maximum Gasteiger partial charge on any atom is 0.254 e. The molecule has 2 aromatic carbocycles. The quantitative estimate of drug-likeness (QED) is 0.699. The van der Waals surface area contributed by atoms with E-state index in [1.807, 2.05) is 70.4 Å². The van der Waals surface area contributed by atoms with Crippen LogP contribution in [0.5, 0.6) is 5.75 Å². The van der Waals surface area contributed by atoms with E-state index in [4.69, 9.17) is 4.74 Å². The third-order valence-corrected chi connectivity index (χ3v) is 5.41. The number of rotatable bonds is 4. The third kappa shape index (κ3) is 3.66. The second kappa shape index (κ2) is 7.90. The van der Waals surface area contributed by atoms with Crippen molar-refractivity contribution < 1.29 is 9.53 Å². The van der Waals surface area contributed by atoms with Gasteiger partial charge < -0.3 is 14.2 Å². The number of hydrogen-bond acceptors (Lipinski definition) is 3. The summed E-state index contributed by atoms with van der Waals surface area (Å²) in [4.78, 5) is 17.5. The highest BCUT2D eigenvalue weighted by atomic mass is 16.5. The molecule has 0 saturated carbocycles. The molecule has 1 amide bonds. The van der Waals surface area contributed by atoms with Gasteiger partial charge in [0, 0.05) is 43.3 Å². The maximum absolute atomic E-state index is 13.2. The lowest BCUT2D eigenvalue weighted by Gasteiger charge is -2.39. The van der Waals surface area contributed by atoms with Crippen molar-refractivity contribution in [3.8, 4) is 11.4 Å². The van der Waals surface area contributed by atoms with Crippen LogP contribution in [0.1, 0.15) is 22.0 Å². The topological polar surface area (TPSA) is 37.7 Å². The number of aromatic nitrogens is 1. The number of carbonyl (C=O) groups is 1. The number of likely N-dealkylation sites (N-methyl/N-ethyl adjacent to an activating group) is 1. The first-order valence-electron chi connectivity index (χ1n) is 9.52. The molecule has 1 fully saturated rings. The number of methoxy groups -OCH3 is 1. The molecular formula is C23H25N3O2.